The van der Waals surface area contributed by atoms with Crippen molar-refractivity contribution in [2.24, 2.45) is 0 Å². The maximum atomic E-state index is 13.2. The highest BCUT2D eigenvalue weighted by molar-refractivity contribution is 7.20. The number of morpholine rings is 1. The average molecular weight is 402 g/mol. The number of nitrogens with one attached hydrogen (secondary N) is 1. The Balaban J connectivity index is 1.56. The fourth-order valence-corrected chi connectivity index (χ4v) is 4.93. The van der Waals surface area contributed by atoms with Crippen molar-refractivity contribution in [3.05, 3.63) is 35.2 Å². The molecule has 1 aromatic carbocycles. The first-order valence-corrected chi connectivity index (χ1v) is 10.3. The molecule has 0 radical (unpaired) electrons. The molecule has 3 heterocycles. The number of nitrogens with zero attached hydrogens (tertiary/aromatic N) is 1. The number of hydrogen-bond donors (Lipinski definition) is 2. The smallest absolute Gasteiger partial charge is 0.328 e. The van der Waals surface area contributed by atoms with Crippen molar-refractivity contribution < 1.29 is 24.2 Å². The van der Waals surface area contributed by atoms with Gasteiger partial charge in [-0.2, -0.15) is 0 Å². The van der Waals surface area contributed by atoms with Gasteiger partial charge in [0.05, 0.1) is 24.1 Å². The SMILES string of the molecule is O=C(NC1CCCCC2COCC(C(=O)O)N2C1=O)c1cc2ccccc2s1. The summed E-state index contributed by atoms with van der Waals surface area (Å²) in [7, 11) is 0. The first-order valence-electron chi connectivity index (χ1n) is 9.47. The average Bonchev–Trinajstić information content (AvgIpc) is 3.12. The normalized spacial score (nSPS) is 25.6. The van der Waals surface area contributed by atoms with E-state index in [1.165, 1.54) is 16.2 Å². The largest absolute Gasteiger partial charge is 0.480 e. The minimum atomic E-state index is -1.08. The Kier molecular flexibility index (Phi) is 5.32. The predicted molar refractivity (Wildman–Crippen MR) is 104 cm³/mol. The molecule has 2 aromatic rings. The third-order valence-corrected chi connectivity index (χ3v) is 6.50. The van der Waals surface area contributed by atoms with E-state index in [9.17, 15) is 19.5 Å². The summed E-state index contributed by atoms with van der Waals surface area (Å²) < 4.78 is 6.43. The molecule has 7 nitrogen and oxygen atoms in total. The van der Waals surface area contributed by atoms with E-state index in [0.29, 0.717) is 24.3 Å². The van der Waals surface area contributed by atoms with Crippen LogP contribution in [0.3, 0.4) is 0 Å². The van der Waals surface area contributed by atoms with Crippen molar-refractivity contribution in [3.63, 3.8) is 0 Å². The third-order valence-electron chi connectivity index (χ3n) is 5.39. The minimum Gasteiger partial charge on any atom is -0.480 e. The van der Waals surface area contributed by atoms with E-state index in [4.69, 9.17) is 4.74 Å². The maximum absolute atomic E-state index is 13.2. The van der Waals surface area contributed by atoms with Gasteiger partial charge < -0.3 is 20.1 Å². The summed E-state index contributed by atoms with van der Waals surface area (Å²) in [6, 6.07) is 7.57. The highest BCUT2D eigenvalue weighted by Gasteiger charge is 2.42. The van der Waals surface area contributed by atoms with Gasteiger partial charge in [-0.3, -0.25) is 9.59 Å². The number of amides is 2. The first-order chi connectivity index (χ1) is 13.5. The molecule has 0 spiro atoms. The fourth-order valence-electron chi connectivity index (χ4n) is 3.97. The molecule has 148 valence electrons. The lowest BCUT2D eigenvalue weighted by Gasteiger charge is -2.43. The second-order valence-corrected chi connectivity index (χ2v) is 8.33. The zero-order valence-corrected chi connectivity index (χ0v) is 16.1. The van der Waals surface area contributed by atoms with E-state index in [2.05, 4.69) is 5.32 Å². The van der Waals surface area contributed by atoms with Gasteiger partial charge in [0.15, 0.2) is 6.04 Å². The molecule has 2 aliphatic rings. The number of carbonyl (C=O) groups is 3. The highest BCUT2D eigenvalue weighted by atomic mass is 32.1. The standard InChI is InChI=1S/C20H22N2O5S/c23-18(17-9-12-5-1-4-8-16(12)28-17)21-14-7-3-2-6-13-10-27-11-15(20(25)26)22(13)19(14)24/h1,4-5,8-9,13-15H,2-3,6-7,10-11H2,(H,21,23)(H,25,26). The summed E-state index contributed by atoms with van der Waals surface area (Å²) >= 11 is 1.38. The number of benzene rings is 1. The van der Waals surface area contributed by atoms with Gasteiger partial charge in [-0.25, -0.2) is 4.79 Å². The number of carbonyl (C=O) groups excluding carboxylic acids is 2. The van der Waals surface area contributed by atoms with E-state index in [0.717, 1.165) is 22.9 Å². The van der Waals surface area contributed by atoms with Crippen molar-refractivity contribution in [2.45, 2.75) is 43.8 Å². The second kappa shape index (κ2) is 7.89. The fraction of sp³-hybridized carbons (Fsp3) is 0.450. The van der Waals surface area contributed by atoms with Crippen LogP contribution in [0.4, 0.5) is 0 Å². The van der Waals surface area contributed by atoms with E-state index >= 15 is 0 Å². The summed E-state index contributed by atoms with van der Waals surface area (Å²) in [5, 5.41) is 13.4. The molecule has 28 heavy (non-hydrogen) atoms. The maximum Gasteiger partial charge on any atom is 0.328 e. The van der Waals surface area contributed by atoms with Crippen LogP contribution < -0.4 is 5.32 Å². The molecule has 2 aliphatic heterocycles. The van der Waals surface area contributed by atoms with Crippen LogP contribution in [0.2, 0.25) is 0 Å². The van der Waals surface area contributed by atoms with Gasteiger partial charge in [0.1, 0.15) is 6.04 Å². The number of carboxylic acids is 1. The molecule has 2 saturated heterocycles. The summed E-state index contributed by atoms with van der Waals surface area (Å²) in [6.45, 7) is 0.320. The van der Waals surface area contributed by atoms with Crippen LogP contribution in [0.1, 0.15) is 35.4 Å². The number of hydrogen-bond acceptors (Lipinski definition) is 5. The summed E-state index contributed by atoms with van der Waals surface area (Å²) in [5.74, 6) is -1.69. The molecule has 2 N–H and O–H groups in total. The van der Waals surface area contributed by atoms with Gasteiger partial charge in [0.25, 0.3) is 5.91 Å². The zero-order valence-electron chi connectivity index (χ0n) is 15.3. The van der Waals surface area contributed by atoms with E-state index in [1.807, 2.05) is 30.3 Å². The number of thiophene rings is 1. The van der Waals surface area contributed by atoms with Crippen LogP contribution in [0.5, 0.6) is 0 Å². The van der Waals surface area contributed by atoms with Gasteiger partial charge in [-0.05, 0) is 30.4 Å². The quantitative estimate of drug-likeness (QED) is 0.821. The summed E-state index contributed by atoms with van der Waals surface area (Å²) in [5.41, 5.74) is 0. The number of carboxylic acid groups (broad SMARTS) is 1. The summed E-state index contributed by atoms with van der Waals surface area (Å²) in [6.07, 6.45) is 2.88. The molecule has 3 atom stereocenters. The molecule has 4 rings (SSSR count). The van der Waals surface area contributed by atoms with Crippen LogP contribution in [0.25, 0.3) is 10.1 Å². The lowest BCUT2D eigenvalue weighted by molar-refractivity contribution is -0.165. The Morgan fingerprint density at radius 1 is 1.18 bits per heavy atom. The van der Waals surface area contributed by atoms with Crippen LogP contribution in [0.15, 0.2) is 30.3 Å². The lowest BCUT2D eigenvalue weighted by atomic mass is 9.96. The van der Waals surface area contributed by atoms with Gasteiger partial charge in [0.2, 0.25) is 5.91 Å². The Morgan fingerprint density at radius 3 is 2.75 bits per heavy atom. The Hall–Kier alpha value is -2.45. The van der Waals surface area contributed by atoms with Gasteiger partial charge >= 0.3 is 5.97 Å². The number of fused-ring (bicyclic) bond motifs is 2. The van der Waals surface area contributed by atoms with E-state index in [-0.39, 0.29) is 24.5 Å². The molecule has 2 amide bonds. The van der Waals surface area contributed by atoms with Crippen molar-refractivity contribution in [1.82, 2.24) is 10.2 Å². The van der Waals surface area contributed by atoms with Crippen LogP contribution in [-0.2, 0) is 14.3 Å². The van der Waals surface area contributed by atoms with Crippen molar-refractivity contribution in [3.8, 4) is 0 Å². The monoisotopic (exact) mass is 402 g/mol. The Morgan fingerprint density at radius 2 is 1.96 bits per heavy atom. The van der Waals surface area contributed by atoms with Crippen molar-refractivity contribution in [1.29, 1.82) is 0 Å². The van der Waals surface area contributed by atoms with Crippen molar-refractivity contribution >= 4 is 39.2 Å². The molecule has 0 saturated carbocycles. The first kappa shape index (κ1) is 18.9. The molecule has 8 heteroatoms. The zero-order chi connectivity index (χ0) is 19.7. The molecule has 3 unspecified atom stereocenters. The highest BCUT2D eigenvalue weighted by Crippen LogP contribution is 2.27. The Bertz CT molecular complexity index is 878. The number of aliphatic carboxylic acids is 1. The predicted octanol–water partition coefficient (Wildman–Crippen LogP) is 2.25. The van der Waals surface area contributed by atoms with E-state index in [1.54, 1.807) is 0 Å². The van der Waals surface area contributed by atoms with E-state index < -0.39 is 18.1 Å². The number of ether oxygens (including phenoxy) is 1. The number of rotatable bonds is 3. The second-order valence-electron chi connectivity index (χ2n) is 7.25. The molecular formula is C20H22N2O5S. The molecular weight excluding hydrogens is 380 g/mol. The topological polar surface area (TPSA) is 95.9 Å². The molecule has 0 bridgehead atoms. The van der Waals surface area contributed by atoms with Crippen LogP contribution in [0, 0.1) is 0 Å². The summed E-state index contributed by atoms with van der Waals surface area (Å²) in [4.78, 5) is 39.6. The van der Waals surface area contributed by atoms with Crippen molar-refractivity contribution in [2.75, 3.05) is 13.2 Å². The van der Waals surface area contributed by atoms with Crippen LogP contribution in [-0.4, -0.2) is 59.1 Å². The minimum absolute atomic E-state index is 0.0193. The van der Waals surface area contributed by atoms with Crippen LogP contribution >= 0.6 is 11.3 Å². The van der Waals surface area contributed by atoms with Gasteiger partial charge in [-0.15, -0.1) is 11.3 Å². The molecule has 0 aliphatic carbocycles. The third kappa shape index (κ3) is 3.62. The van der Waals surface area contributed by atoms with Gasteiger partial charge in [0, 0.05) is 4.70 Å². The molecule has 1 aromatic heterocycles. The lowest BCUT2D eigenvalue weighted by Crippen LogP contribution is -2.62. The Labute approximate surface area is 166 Å². The molecule has 2 fully saturated rings. The van der Waals surface area contributed by atoms with Gasteiger partial charge in [-0.1, -0.05) is 31.0 Å².